The van der Waals surface area contributed by atoms with Crippen molar-refractivity contribution in [3.8, 4) is 11.5 Å². The van der Waals surface area contributed by atoms with E-state index in [0.717, 1.165) is 17.8 Å². The number of ether oxygens (including phenoxy) is 2. The van der Waals surface area contributed by atoms with Gasteiger partial charge >= 0.3 is 0 Å². The monoisotopic (exact) mass is 388 g/mol. The number of hydrazone groups is 1. The van der Waals surface area contributed by atoms with E-state index in [-0.39, 0.29) is 0 Å². The number of hydrogen-bond donors (Lipinski definition) is 2. The van der Waals surface area contributed by atoms with Gasteiger partial charge in [0.25, 0.3) is 0 Å². The van der Waals surface area contributed by atoms with Gasteiger partial charge in [-0.1, -0.05) is 13.8 Å². The summed E-state index contributed by atoms with van der Waals surface area (Å²) < 4.78 is 12.8. The zero-order valence-corrected chi connectivity index (χ0v) is 17.6. The van der Waals surface area contributed by atoms with Crippen molar-refractivity contribution in [2.75, 3.05) is 19.5 Å². The van der Waals surface area contributed by atoms with Crippen molar-refractivity contribution in [1.29, 1.82) is 0 Å². The maximum Gasteiger partial charge on any atom is 0.191 e. The van der Waals surface area contributed by atoms with Crippen molar-refractivity contribution >= 4 is 29.2 Å². The number of benzene rings is 1. The van der Waals surface area contributed by atoms with Crippen LogP contribution in [0.5, 0.6) is 11.5 Å². The fourth-order valence-corrected chi connectivity index (χ4v) is 3.01. The number of hydrogen-bond acceptors (Lipinski definition) is 4. The van der Waals surface area contributed by atoms with E-state index in [1.165, 1.54) is 11.4 Å². The van der Waals surface area contributed by atoms with Crippen LogP contribution in [0.15, 0.2) is 29.4 Å². The highest BCUT2D eigenvalue weighted by Gasteiger charge is 2.09. The van der Waals surface area contributed by atoms with E-state index in [1.807, 2.05) is 18.2 Å². The van der Waals surface area contributed by atoms with E-state index < -0.39 is 0 Å². The predicted molar refractivity (Wildman–Crippen MR) is 115 cm³/mol. The third-order valence-electron chi connectivity index (χ3n) is 4.17. The number of anilines is 1. The average Bonchev–Trinajstić information content (AvgIpc) is 2.88. The second-order valence-electron chi connectivity index (χ2n) is 6.72. The highest BCUT2D eigenvalue weighted by Crippen LogP contribution is 2.29. The first-order valence-electron chi connectivity index (χ1n) is 8.84. The molecule has 0 atom stereocenters. The molecule has 2 aromatic rings. The van der Waals surface area contributed by atoms with Crippen molar-refractivity contribution in [1.82, 2.24) is 9.99 Å². The van der Waals surface area contributed by atoms with Gasteiger partial charge in [-0.2, -0.15) is 5.10 Å². The molecule has 6 nitrogen and oxygen atoms in total. The average molecular weight is 389 g/mol. The Morgan fingerprint density at radius 1 is 1.19 bits per heavy atom. The summed E-state index contributed by atoms with van der Waals surface area (Å²) in [6, 6.07) is 7.62. The standard InChI is InChI=1S/C20H28N4O2S/c1-13(2)12-24-14(3)9-16(15(24)4)11-21-23-20(27)22-17-7-8-18(25-5)19(10-17)26-6/h7-11,13H,12H2,1-6H3,(H2,22,23,27)/b21-11-. The van der Waals surface area contributed by atoms with Gasteiger partial charge in [-0.25, -0.2) is 0 Å². The van der Waals surface area contributed by atoms with Crippen LogP contribution in [0.25, 0.3) is 0 Å². The predicted octanol–water partition coefficient (Wildman–Crippen LogP) is 4.10. The van der Waals surface area contributed by atoms with Crippen molar-refractivity contribution in [3.63, 3.8) is 0 Å². The van der Waals surface area contributed by atoms with E-state index in [0.29, 0.717) is 22.5 Å². The van der Waals surface area contributed by atoms with E-state index >= 15 is 0 Å². The zero-order valence-electron chi connectivity index (χ0n) is 16.8. The van der Waals surface area contributed by atoms with Gasteiger partial charge in [0, 0.05) is 35.2 Å². The minimum Gasteiger partial charge on any atom is -0.493 e. The molecule has 0 radical (unpaired) electrons. The molecule has 1 aromatic carbocycles. The third kappa shape index (κ3) is 5.47. The Balaban J connectivity index is 1.99. The lowest BCUT2D eigenvalue weighted by molar-refractivity contribution is 0.355. The van der Waals surface area contributed by atoms with Gasteiger partial charge in [0.2, 0.25) is 0 Å². The second kappa shape index (κ2) is 9.41. The van der Waals surface area contributed by atoms with Crippen LogP contribution < -0.4 is 20.2 Å². The fraction of sp³-hybridized carbons (Fsp3) is 0.400. The van der Waals surface area contributed by atoms with Crippen LogP contribution >= 0.6 is 12.2 Å². The summed E-state index contributed by atoms with van der Waals surface area (Å²) in [5.74, 6) is 1.89. The third-order valence-corrected chi connectivity index (χ3v) is 4.37. The Morgan fingerprint density at radius 3 is 2.52 bits per heavy atom. The van der Waals surface area contributed by atoms with E-state index in [2.05, 4.69) is 54.2 Å². The Hall–Kier alpha value is -2.54. The van der Waals surface area contributed by atoms with Crippen molar-refractivity contribution in [2.24, 2.45) is 11.0 Å². The van der Waals surface area contributed by atoms with Crippen molar-refractivity contribution in [3.05, 3.63) is 41.2 Å². The lowest BCUT2D eigenvalue weighted by atomic mass is 10.2. The van der Waals surface area contributed by atoms with Crippen LogP contribution in [0, 0.1) is 19.8 Å². The zero-order chi connectivity index (χ0) is 20.0. The molecule has 0 unspecified atom stereocenters. The highest BCUT2D eigenvalue weighted by atomic mass is 32.1. The fourth-order valence-electron chi connectivity index (χ4n) is 2.84. The van der Waals surface area contributed by atoms with Crippen LogP contribution in [0.1, 0.15) is 30.8 Å². The SMILES string of the molecule is COc1ccc(NC(=S)N/N=C\c2cc(C)n(CC(C)C)c2C)cc1OC. The van der Waals surface area contributed by atoms with Gasteiger partial charge in [0.1, 0.15) is 0 Å². The van der Waals surface area contributed by atoms with Gasteiger partial charge in [-0.15, -0.1) is 0 Å². The molecule has 0 aliphatic heterocycles. The smallest absolute Gasteiger partial charge is 0.191 e. The number of aromatic nitrogens is 1. The van der Waals surface area contributed by atoms with Gasteiger partial charge in [0.05, 0.1) is 20.4 Å². The summed E-state index contributed by atoms with van der Waals surface area (Å²) in [7, 11) is 3.20. The maximum atomic E-state index is 5.30. The first-order valence-corrected chi connectivity index (χ1v) is 9.25. The summed E-state index contributed by atoms with van der Waals surface area (Å²) >= 11 is 5.30. The van der Waals surface area contributed by atoms with Crippen LogP contribution in [0.4, 0.5) is 5.69 Å². The molecule has 1 aromatic heterocycles. The second-order valence-corrected chi connectivity index (χ2v) is 7.13. The van der Waals surface area contributed by atoms with Crippen molar-refractivity contribution in [2.45, 2.75) is 34.2 Å². The molecule has 1 heterocycles. The van der Waals surface area contributed by atoms with Gasteiger partial charge in [-0.3, -0.25) is 5.43 Å². The van der Waals surface area contributed by atoms with Gasteiger partial charge in [0.15, 0.2) is 16.6 Å². The molecule has 0 amide bonds. The quantitative estimate of drug-likeness (QED) is 0.425. The Bertz CT molecular complexity index is 828. The van der Waals surface area contributed by atoms with Gasteiger partial charge in [-0.05, 0) is 50.2 Å². The molecule has 146 valence electrons. The van der Waals surface area contributed by atoms with Gasteiger partial charge < -0.3 is 19.4 Å². The van der Waals surface area contributed by atoms with E-state index in [9.17, 15) is 0 Å². The Morgan fingerprint density at radius 2 is 1.89 bits per heavy atom. The minimum absolute atomic E-state index is 0.398. The van der Waals surface area contributed by atoms with Crippen LogP contribution in [-0.2, 0) is 6.54 Å². The first kappa shape index (κ1) is 20.8. The first-order chi connectivity index (χ1) is 12.8. The lowest BCUT2D eigenvalue weighted by Crippen LogP contribution is -2.23. The molecule has 0 saturated carbocycles. The topological polar surface area (TPSA) is 59.8 Å². The molecule has 27 heavy (non-hydrogen) atoms. The van der Waals surface area contributed by atoms with Crippen LogP contribution in [-0.4, -0.2) is 30.1 Å². The summed E-state index contributed by atoms with van der Waals surface area (Å²) in [6.45, 7) is 9.65. The molecule has 7 heteroatoms. The Kier molecular flexibility index (Phi) is 7.24. The van der Waals surface area contributed by atoms with Crippen LogP contribution in [0.3, 0.4) is 0 Å². The van der Waals surface area contributed by atoms with E-state index in [4.69, 9.17) is 21.7 Å². The number of thiocarbonyl (C=S) groups is 1. The van der Waals surface area contributed by atoms with E-state index in [1.54, 1.807) is 20.4 Å². The molecule has 0 fully saturated rings. The minimum atomic E-state index is 0.398. The molecule has 2 N–H and O–H groups in total. The molecule has 0 bridgehead atoms. The molecule has 0 spiro atoms. The molecule has 0 saturated heterocycles. The summed E-state index contributed by atoms with van der Waals surface area (Å²) in [6.07, 6.45) is 1.79. The maximum absolute atomic E-state index is 5.30. The lowest BCUT2D eigenvalue weighted by Gasteiger charge is -2.12. The summed E-state index contributed by atoms with van der Waals surface area (Å²) in [5, 5.41) is 7.74. The number of aryl methyl sites for hydroxylation is 1. The van der Waals surface area contributed by atoms with Crippen LogP contribution in [0.2, 0.25) is 0 Å². The van der Waals surface area contributed by atoms with Crippen molar-refractivity contribution < 1.29 is 9.47 Å². The molecule has 0 aliphatic rings. The number of nitrogens with one attached hydrogen (secondary N) is 2. The number of methoxy groups -OCH3 is 2. The molecular weight excluding hydrogens is 360 g/mol. The number of nitrogens with zero attached hydrogens (tertiary/aromatic N) is 2. The Labute approximate surface area is 166 Å². The number of rotatable bonds is 7. The molecule has 2 rings (SSSR count). The normalized spacial score (nSPS) is 11.1. The largest absolute Gasteiger partial charge is 0.493 e. The highest BCUT2D eigenvalue weighted by molar-refractivity contribution is 7.80. The summed E-state index contributed by atoms with van der Waals surface area (Å²) in [5.41, 5.74) is 7.15. The molecule has 0 aliphatic carbocycles. The summed E-state index contributed by atoms with van der Waals surface area (Å²) in [4.78, 5) is 0. The molecular formula is C20H28N4O2S.